The zero-order chi connectivity index (χ0) is 34.5. The first-order valence-corrected chi connectivity index (χ1v) is 21.4. The Bertz CT molecular complexity index is 488. The highest BCUT2D eigenvalue weighted by atomic mass is 16.6. The molecule has 0 aromatic carbocycles. The summed E-state index contributed by atoms with van der Waals surface area (Å²) in [6.07, 6.45) is 43.1. The highest BCUT2D eigenvalue weighted by Gasteiger charge is 1.98. The summed E-state index contributed by atoms with van der Waals surface area (Å²) < 4.78 is 27.2. The van der Waals surface area contributed by atoms with E-state index in [0.29, 0.717) is 59.5 Å². The van der Waals surface area contributed by atoms with Gasteiger partial charge in [-0.25, -0.2) is 0 Å². The van der Waals surface area contributed by atoms with Gasteiger partial charge in [-0.15, -0.1) is 0 Å². The van der Waals surface area contributed by atoms with E-state index in [1.807, 2.05) is 0 Å². The average molecular weight is 687 g/mol. The molecule has 290 valence electrons. The number of hydrogen-bond acceptors (Lipinski definition) is 6. The second-order valence-electron chi connectivity index (χ2n) is 14.0. The summed E-state index contributed by atoms with van der Waals surface area (Å²) in [4.78, 5) is 0. The first kappa shape index (κ1) is 47.8. The molecule has 48 heavy (non-hydrogen) atoms. The van der Waals surface area contributed by atoms with Gasteiger partial charge < -0.3 is 28.8 Å². The molecule has 0 aliphatic rings. The number of rotatable bonds is 45. The van der Waals surface area contributed by atoms with Crippen molar-refractivity contribution in [2.45, 2.75) is 200 Å². The van der Waals surface area contributed by atoms with Crippen LogP contribution in [-0.2, 0) is 23.7 Å². The first-order chi connectivity index (χ1) is 23.9. The molecular weight excluding hydrogens is 600 g/mol. The fourth-order valence-electron chi connectivity index (χ4n) is 6.27. The van der Waals surface area contributed by atoms with Crippen LogP contribution in [0.15, 0.2) is 0 Å². The van der Waals surface area contributed by atoms with E-state index in [2.05, 4.69) is 6.92 Å². The predicted molar refractivity (Wildman–Crippen MR) is 205 cm³/mol. The van der Waals surface area contributed by atoms with Crippen molar-refractivity contribution in [1.82, 2.24) is 0 Å². The lowest BCUT2D eigenvalue weighted by atomic mass is 10.0. The van der Waals surface area contributed by atoms with Crippen LogP contribution < -0.4 is 0 Å². The zero-order valence-corrected chi connectivity index (χ0v) is 32.5. The third-order valence-electron chi connectivity index (χ3n) is 9.37. The Labute approximate surface area is 300 Å². The van der Waals surface area contributed by atoms with Gasteiger partial charge in [-0.1, -0.05) is 193 Å². The van der Waals surface area contributed by atoms with E-state index in [9.17, 15) is 0 Å². The Morgan fingerprint density at radius 1 is 0.229 bits per heavy atom. The van der Waals surface area contributed by atoms with Gasteiger partial charge in [0.05, 0.1) is 66.1 Å². The molecule has 0 heterocycles. The number of unbranched alkanes of at least 4 members (excludes halogenated alkanes) is 29. The third kappa shape index (κ3) is 45.8. The molecule has 0 bridgehead atoms. The summed E-state index contributed by atoms with van der Waals surface area (Å²) in [7, 11) is 0. The predicted octanol–water partition coefficient (Wildman–Crippen LogP) is 11.8. The molecule has 0 aliphatic heterocycles. The van der Waals surface area contributed by atoms with Crippen LogP contribution in [0, 0.1) is 0 Å². The molecule has 0 fully saturated rings. The number of aliphatic hydroxyl groups excluding tert-OH is 1. The van der Waals surface area contributed by atoms with Crippen molar-refractivity contribution >= 4 is 0 Å². The zero-order valence-electron chi connectivity index (χ0n) is 32.5. The van der Waals surface area contributed by atoms with Gasteiger partial charge in [-0.2, -0.15) is 0 Å². The van der Waals surface area contributed by atoms with E-state index in [-0.39, 0.29) is 6.61 Å². The largest absolute Gasteiger partial charge is 0.394 e. The SMILES string of the molecule is CCCCCCCCCCCCCCCCCCCCCCCCCCCCCCCCOCCOCCOCCOCCOCCO. The number of aliphatic hydroxyl groups is 1. The van der Waals surface area contributed by atoms with E-state index in [1.54, 1.807) is 0 Å². The van der Waals surface area contributed by atoms with E-state index in [0.717, 1.165) is 13.0 Å². The van der Waals surface area contributed by atoms with Gasteiger partial charge in [0.25, 0.3) is 0 Å². The van der Waals surface area contributed by atoms with Crippen molar-refractivity contribution < 1.29 is 28.8 Å². The van der Waals surface area contributed by atoms with Crippen molar-refractivity contribution in [3.8, 4) is 0 Å². The summed E-state index contributed by atoms with van der Waals surface area (Å²) in [5, 5.41) is 8.60. The summed E-state index contributed by atoms with van der Waals surface area (Å²) in [5.74, 6) is 0. The van der Waals surface area contributed by atoms with Gasteiger partial charge in [0.15, 0.2) is 0 Å². The smallest absolute Gasteiger partial charge is 0.0701 e. The van der Waals surface area contributed by atoms with Crippen molar-refractivity contribution in [3.63, 3.8) is 0 Å². The van der Waals surface area contributed by atoms with Crippen LogP contribution in [0.5, 0.6) is 0 Å². The molecule has 0 aliphatic carbocycles. The summed E-state index contributed by atoms with van der Waals surface area (Å²) in [6, 6.07) is 0. The van der Waals surface area contributed by atoms with Gasteiger partial charge >= 0.3 is 0 Å². The quantitative estimate of drug-likeness (QED) is 0.0643. The Morgan fingerprint density at radius 3 is 0.646 bits per heavy atom. The van der Waals surface area contributed by atoms with Crippen molar-refractivity contribution in [1.29, 1.82) is 0 Å². The Morgan fingerprint density at radius 2 is 0.417 bits per heavy atom. The Kier molecular flexibility index (Phi) is 46.5. The summed E-state index contributed by atoms with van der Waals surface area (Å²) >= 11 is 0. The maximum Gasteiger partial charge on any atom is 0.0701 e. The fourth-order valence-corrected chi connectivity index (χ4v) is 6.27. The average Bonchev–Trinajstić information content (AvgIpc) is 3.10. The lowest BCUT2D eigenvalue weighted by Crippen LogP contribution is -2.13. The lowest BCUT2D eigenvalue weighted by molar-refractivity contribution is -0.0134. The van der Waals surface area contributed by atoms with Gasteiger partial charge in [-0.3, -0.25) is 0 Å². The molecule has 0 aromatic heterocycles. The second-order valence-corrected chi connectivity index (χ2v) is 14.0. The van der Waals surface area contributed by atoms with Crippen LogP contribution in [0.25, 0.3) is 0 Å². The molecule has 0 unspecified atom stereocenters. The van der Waals surface area contributed by atoms with Gasteiger partial charge in [-0.05, 0) is 6.42 Å². The molecule has 0 aromatic rings. The first-order valence-electron chi connectivity index (χ1n) is 21.4. The van der Waals surface area contributed by atoms with Crippen LogP contribution in [-0.4, -0.2) is 77.8 Å². The number of ether oxygens (including phenoxy) is 5. The van der Waals surface area contributed by atoms with Crippen LogP contribution in [0.3, 0.4) is 0 Å². The molecule has 0 amide bonds. The Balaban J connectivity index is 3.04. The van der Waals surface area contributed by atoms with Crippen molar-refractivity contribution in [3.05, 3.63) is 0 Å². The molecule has 1 N–H and O–H groups in total. The van der Waals surface area contributed by atoms with Crippen molar-refractivity contribution in [2.75, 3.05) is 72.7 Å². The fraction of sp³-hybridized carbons (Fsp3) is 1.00. The normalized spacial score (nSPS) is 11.6. The number of hydrogen-bond donors (Lipinski definition) is 1. The minimum Gasteiger partial charge on any atom is -0.394 e. The summed E-state index contributed by atoms with van der Waals surface area (Å²) in [5.41, 5.74) is 0. The van der Waals surface area contributed by atoms with Gasteiger partial charge in [0.1, 0.15) is 0 Å². The van der Waals surface area contributed by atoms with Crippen molar-refractivity contribution in [2.24, 2.45) is 0 Å². The molecule has 6 nitrogen and oxygen atoms in total. The van der Waals surface area contributed by atoms with Crippen LogP contribution >= 0.6 is 0 Å². The minimum absolute atomic E-state index is 0.0495. The molecule has 0 saturated heterocycles. The van der Waals surface area contributed by atoms with Gasteiger partial charge in [0, 0.05) is 6.61 Å². The van der Waals surface area contributed by atoms with E-state index >= 15 is 0 Å². The maximum absolute atomic E-state index is 8.60. The monoisotopic (exact) mass is 687 g/mol. The van der Waals surface area contributed by atoms with Crippen LogP contribution in [0.2, 0.25) is 0 Å². The molecular formula is C42H86O6. The molecule has 0 saturated carbocycles. The van der Waals surface area contributed by atoms with Crippen LogP contribution in [0.1, 0.15) is 200 Å². The highest BCUT2D eigenvalue weighted by Crippen LogP contribution is 2.16. The topological polar surface area (TPSA) is 66.4 Å². The molecule has 0 rings (SSSR count). The van der Waals surface area contributed by atoms with E-state index in [4.69, 9.17) is 28.8 Å². The molecule has 6 heteroatoms. The standard InChI is InChI=1S/C42H86O6/c1-2-3-4-5-6-7-8-9-10-11-12-13-14-15-16-17-18-19-20-21-22-23-24-25-26-27-28-29-30-31-33-44-35-37-46-39-41-48-42-40-47-38-36-45-34-32-43/h43H,2-42H2,1H3. The molecule has 0 spiro atoms. The minimum atomic E-state index is 0.0495. The van der Waals surface area contributed by atoms with E-state index < -0.39 is 0 Å². The third-order valence-corrected chi connectivity index (χ3v) is 9.37. The molecule has 0 radical (unpaired) electrons. The lowest BCUT2D eigenvalue weighted by Gasteiger charge is -2.08. The maximum atomic E-state index is 8.60. The Hall–Kier alpha value is -0.240. The molecule has 0 atom stereocenters. The van der Waals surface area contributed by atoms with Gasteiger partial charge in [0.2, 0.25) is 0 Å². The summed E-state index contributed by atoms with van der Waals surface area (Å²) in [6.45, 7) is 8.14. The van der Waals surface area contributed by atoms with Crippen LogP contribution in [0.4, 0.5) is 0 Å². The van der Waals surface area contributed by atoms with E-state index in [1.165, 1.54) is 186 Å². The second kappa shape index (κ2) is 46.8. The highest BCUT2D eigenvalue weighted by molar-refractivity contribution is 4.52.